The van der Waals surface area contributed by atoms with Crippen molar-refractivity contribution in [2.24, 2.45) is 0 Å². The quantitative estimate of drug-likeness (QED) is 0.550. The molecule has 8 nitrogen and oxygen atoms in total. The number of nitrogens with one attached hydrogen (secondary N) is 1. The van der Waals surface area contributed by atoms with E-state index in [1.165, 1.54) is 27.6 Å². The number of rotatable bonds is 5. The number of anilines is 1. The van der Waals surface area contributed by atoms with Crippen molar-refractivity contribution in [1.29, 1.82) is 0 Å². The van der Waals surface area contributed by atoms with E-state index in [9.17, 15) is 14.0 Å². The maximum Gasteiger partial charge on any atom is 0.264 e. The molecule has 1 N–H and O–H groups in total. The zero-order chi connectivity index (χ0) is 21.3. The van der Waals surface area contributed by atoms with Crippen molar-refractivity contribution >= 4 is 22.8 Å². The second-order valence-corrected chi connectivity index (χ2v) is 6.85. The Bertz CT molecular complexity index is 1290. The Hall–Kier alpha value is -3.88. The van der Waals surface area contributed by atoms with Crippen molar-refractivity contribution in [2.45, 2.75) is 26.8 Å². The average molecular weight is 406 g/mol. The number of hydrogen-bond acceptors (Lipinski definition) is 5. The molecule has 1 aromatic carbocycles. The molecule has 152 valence electrons. The van der Waals surface area contributed by atoms with E-state index in [4.69, 9.17) is 0 Å². The van der Waals surface area contributed by atoms with Crippen LogP contribution in [0.5, 0.6) is 0 Å². The van der Waals surface area contributed by atoms with Crippen LogP contribution in [-0.4, -0.2) is 30.2 Å². The number of pyridine rings is 1. The molecule has 0 aliphatic heterocycles. The number of aromatic nitrogens is 5. The van der Waals surface area contributed by atoms with E-state index in [0.29, 0.717) is 28.4 Å². The standard InChI is InChI=1S/C21H19FN6O2/c1-13-4-3-5-18(24-13)26-19(29)10-11-27-14(2)25-20-17(21(27)30)12-23-28(20)16-8-6-15(22)7-9-16/h3-9,12H,10-11H2,1-2H3,(H,24,26,29). The maximum atomic E-state index is 13.2. The summed E-state index contributed by atoms with van der Waals surface area (Å²) in [7, 11) is 0. The lowest BCUT2D eigenvalue weighted by Gasteiger charge is -2.10. The molecule has 0 atom stereocenters. The molecule has 0 unspecified atom stereocenters. The summed E-state index contributed by atoms with van der Waals surface area (Å²) >= 11 is 0. The number of halogens is 1. The van der Waals surface area contributed by atoms with E-state index in [1.807, 2.05) is 19.1 Å². The molecule has 9 heteroatoms. The molecule has 3 heterocycles. The molecule has 3 aromatic heterocycles. The Morgan fingerprint density at radius 1 is 1.10 bits per heavy atom. The molecule has 1 amide bonds. The highest BCUT2D eigenvalue weighted by atomic mass is 19.1. The summed E-state index contributed by atoms with van der Waals surface area (Å²) in [6, 6.07) is 11.1. The molecule has 4 aromatic rings. The zero-order valence-corrected chi connectivity index (χ0v) is 16.5. The third-order valence-electron chi connectivity index (χ3n) is 4.67. The Kier molecular flexibility index (Phi) is 5.09. The first-order valence-corrected chi connectivity index (χ1v) is 9.37. The fourth-order valence-corrected chi connectivity index (χ4v) is 3.17. The van der Waals surface area contributed by atoms with E-state index in [0.717, 1.165) is 5.69 Å². The predicted octanol–water partition coefficient (Wildman–Crippen LogP) is 2.76. The third kappa shape index (κ3) is 3.82. The van der Waals surface area contributed by atoms with Crippen LogP contribution >= 0.6 is 0 Å². The molecule has 0 radical (unpaired) electrons. The summed E-state index contributed by atoms with van der Waals surface area (Å²) in [5.74, 6) is 0.318. The van der Waals surface area contributed by atoms with E-state index >= 15 is 0 Å². The largest absolute Gasteiger partial charge is 0.311 e. The summed E-state index contributed by atoms with van der Waals surface area (Å²) in [5, 5.41) is 7.28. The van der Waals surface area contributed by atoms with Gasteiger partial charge in [0.15, 0.2) is 5.65 Å². The van der Waals surface area contributed by atoms with E-state index in [2.05, 4.69) is 20.4 Å². The van der Waals surface area contributed by atoms with Gasteiger partial charge in [-0.3, -0.25) is 14.2 Å². The number of benzene rings is 1. The fourth-order valence-electron chi connectivity index (χ4n) is 3.17. The highest BCUT2D eigenvalue weighted by molar-refractivity contribution is 5.89. The van der Waals surface area contributed by atoms with Gasteiger partial charge in [0.2, 0.25) is 5.91 Å². The van der Waals surface area contributed by atoms with Gasteiger partial charge < -0.3 is 5.32 Å². The van der Waals surface area contributed by atoms with Crippen LogP contribution in [0, 0.1) is 19.7 Å². The van der Waals surface area contributed by atoms with Crippen molar-refractivity contribution in [3.05, 3.63) is 76.4 Å². The summed E-state index contributed by atoms with van der Waals surface area (Å²) in [6.07, 6.45) is 1.52. The van der Waals surface area contributed by atoms with Gasteiger partial charge in [-0.1, -0.05) is 6.07 Å². The van der Waals surface area contributed by atoms with E-state index < -0.39 is 0 Å². The first-order valence-electron chi connectivity index (χ1n) is 9.37. The summed E-state index contributed by atoms with van der Waals surface area (Å²) in [5.41, 5.74) is 1.49. The number of amides is 1. The predicted molar refractivity (Wildman–Crippen MR) is 110 cm³/mol. The third-order valence-corrected chi connectivity index (χ3v) is 4.67. The van der Waals surface area contributed by atoms with Crippen LogP contribution in [0.3, 0.4) is 0 Å². The minimum Gasteiger partial charge on any atom is -0.311 e. The summed E-state index contributed by atoms with van der Waals surface area (Å²) in [4.78, 5) is 33.9. The van der Waals surface area contributed by atoms with Crippen LogP contribution in [-0.2, 0) is 11.3 Å². The van der Waals surface area contributed by atoms with Gasteiger partial charge in [-0.25, -0.2) is 19.0 Å². The van der Waals surface area contributed by atoms with Crippen LogP contribution in [0.2, 0.25) is 0 Å². The molecule has 0 saturated carbocycles. The number of carbonyl (C=O) groups is 1. The van der Waals surface area contributed by atoms with Crippen molar-refractivity contribution in [1.82, 2.24) is 24.3 Å². The monoisotopic (exact) mass is 406 g/mol. The second-order valence-electron chi connectivity index (χ2n) is 6.85. The van der Waals surface area contributed by atoms with Gasteiger partial charge in [-0.15, -0.1) is 0 Å². The van der Waals surface area contributed by atoms with Gasteiger partial charge in [0.05, 0.1) is 11.9 Å². The Morgan fingerprint density at radius 2 is 1.87 bits per heavy atom. The van der Waals surface area contributed by atoms with Gasteiger partial charge in [0, 0.05) is 18.7 Å². The zero-order valence-electron chi connectivity index (χ0n) is 16.5. The van der Waals surface area contributed by atoms with Crippen LogP contribution in [0.15, 0.2) is 53.5 Å². The molecule has 30 heavy (non-hydrogen) atoms. The van der Waals surface area contributed by atoms with Gasteiger partial charge in [-0.2, -0.15) is 5.10 Å². The molecular weight excluding hydrogens is 387 g/mol. The minimum absolute atomic E-state index is 0.0929. The number of aryl methyl sites for hydroxylation is 2. The first-order chi connectivity index (χ1) is 14.4. The smallest absolute Gasteiger partial charge is 0.264 e. The molecule has 0 aliphatic rings. The van der Waals surface area contributed by atoms with Crippen molar-refractivity contribution in [2.75, 3.05) is 5.32 Å². The molecule has 0 fully saturated rings. The SMILES string of the molecule is Cc1cccc(NC(=O)CCn2c(C)nc3c(cnn3-c3ccc(F)cc3)c2=O)n1. The lowest BCUT2D eigenvalue weighted by molar-refractivity contribution is -0.116. The van der Waals surface area contributed by atoms with Crippen LogP contribution < -0.4 is 10.9 Å². The molecule has 0 spiro atoms. The number of fused-ring (bicyclic) bond motifs is 1. The van der Waals surface area contributed by atoms with Crippen LogP contribution in [0.25, 0.3) is 16.7 Å². The average Bonchev–Trinajstić information content (AvgIpc) is 3.12. The number of nitrogens with zero attached hydrogens (tertiary/aromatic N) is 5. The van der Waals surface area contributed by atoms with Crippen molar-refractivity contribution in [3.8, 4) is 5.69 Å². The molecular formula is C21H19FN6O2. The van der Waals surface area contributed by atoms with Gasteiger partial charge >= 0.3 is 0 Å². The normalized spacial score (nSPS) is 11.0. The van der Waals surface area contributed by atoms with E-state index in [1.54, 1.807) is 25.1 Å². The Morgan fingerprint density at radius 3 is 2.60 bits per heavy atom. The topological polar surface area (TPSA) is 94.7 Å². The molecule has 0 saturated heterocycles. The van der Waals surface area contributed by atoms with Crippen LogP contribution in [0.1, 0.15) is 17.9 Å². The lowest BCUT2D eigenvalue weighted by atomic mass is 10.3. The highest BCUT2D eigenvalue weighted by Gasteiger charge is 2.15. The van der Waals surface area contributed by atoms with Gasteiger partial charge in [0.1, 0.15) is 22.8 Å². The maximum absolute atomic E-state index is 13.2. The number of hydrogen-bond donors (Lipinski definition) is 1. The lowest BCUT2D eigenvalue weighted by Crippen LogP contribution is -2.26. The number of carbonyl (C=O) groups excluding carboxylic acids is 1. The molecule has 0 aliphatic carbocycles. The molecule has 4 rings (SSSR count). The Labute approximate surface area is 171 Å². The second kappa shape index (κ2) is 7.86. The minimum atomic E-state index is -0.360. The van der Waals surface area contributed by atoms with Gasteiger partial charge in [0.25, 0.3) is 5.56 Å². The van der Waals surface area contributed by atoms with Crippen molar-refractivity contribution in [3.63, 3.8) is 0 Å². The summed E-state index contributed by atoms with van der Waals surface area (Å²) in [6.45, 7) is 3.71. The summed E-state index contributed by atoms with van der Waals surface area (Å²) < 4.78 is 16.1. The highest BCUT2D eigenvalue weighted by Crippen LogP contribution is 2.15. The van der Waals surface area contributed by atoms with Crippen molar-refractivity contribution < 1.29 is 9.18 Å². The molecule has 0 bridgehead atoms. The fraction of sp³-hybridized carbons (Fsp3) is 0.190. The Balaban J connectivity index is 1.57. The van der Waals surface area contributed by atoms with Crippen LogP contribution in [0.4, 0.5) is 10.2 Å². The van der Waals surface area contributed by atoms with E-state index in [-0.39, 0.29) is 30.2 Å². The van der Waals surface area contributed by atoms with Gasteiger partial charge in [-0.05, 0) is 50.2 Å². The first kappa shape index (κ1) is 19.4.